The highest BCUT2D eigenvalue weighted by Crippen LogP contribution is 2.31. The first-order chi connectivity index (χ1) is 8.72. The van der Waals surface area contributed by atoms with E-state index in [9.17, 15) is 0 Å². The number of aromatic nitrogens is 2. The summed E-state index contributed by atoms with van der Waals surface area (Å²) in [4.78, 5) is 3.39. The molecule has 3 N–H and O–H groups in total. The number of piperidine rings is 1. The van der Waals surface area contributed by atoms with Gasteiger partial charge in [-0.1, -0.05) is 11.6 Å². The summed E-state index contributed by atoms with van der Waals surface area (Å²) in [6, 6.07) is 6.34. The second-order valence-corrected chi connectivity index (χ2v) is 6.28. The number of nitrogens with two attached hydrogens (primary N) is 1. The maximum Gasteiger partial charge on any atom is 0.151 e. The van der Waals surface area contributed by atoms with Gasteiger partial charge in [-0.15, -0.1) is 11.3 Å². The molecule has 1 saturated heterocycles. The van der Waals surface area contributed by atoms with Crippen LogP contribution in [0, 0.1) is 0 Å². The number of hydrogen-bond donors (Lipinski definition) is 2. The van der Waals surface area contributed by atoms with Gasteiger partial charge < -0.3 is 10.6 Å². The Morgan fingerprint density at radius 1 is 1.39 bits per heavy atom. The van der Waals surface area contributed by atoms with Gasteiger partial charge in [-0.3, -0.25) is 5.10 Å². The number of hydrogen-bond acceptors (Lipinski definition) is 4. The van der Waals surface area contributed by atoms with Crippen molar-refractivity contribution in [3.8, 4) is 10.6 Å². The van der Waals surface area contributed by atoms with Crippen LogP contribution in [0.1, 0.15) is 12.8 Å². The first kappa shape index (κ1) is 12.0. The minimum Gasteiger partial charge on any atom is -0.355 e. The maximum atomic E-state index is 5.94. The number of rotatable bonds is 2. The van der Waals surface area contributed by atoms with Gasteiger partial charge in [-0.05, 0) is 25.0 Å². The molecular weight excluding hydrogens is 268 g/mol. The van der Waals surface area contributed by atoms with E-state index >= 15 is 0 Å². The number of thiophene rings is 1. The average molecular weight is 283 g/mol. The monoisotopic (exact) mass is 282 g/mol. The molecule has 0 atom stereocenters. The number of nitrogens with one attached hydrogen (secondary N) is 1. The molecule has 18 heavy (non-hydrogen) atoms. The molecule has 0 spiro atoms. The third-order valence-corrected chi connectivity index (χ3v) is 4.53. The largest absolute Gasteiger partial charge is 0.355 e. The van der Waals surface area contributed by atoms with Crippen LogP contribution in [-0.4, -0.2) is 29.3 Å². The molecule has 3 heterocycles. The van der Waals surface area contributed by atoms with Crippen LogP contribution in [0.3, 0.4) is 0 Å². The fourth-order valence-corrected chi connectivity index (χ4v) is 3.20. The molecule has 96 valence electrons. The summed E-state index contributed by atoms with van der Waals surface area (Å²) in [6.45, 7) is 1.97. The van der Waals surface area contributed by atoms with Gasteiger partial charge in [-0.2, -0.15) is 5.10 Å². The van der Waals surface area contributed by atoms with Crippen molar-refractivity contribution in [3.05, 3.63) is 22.5 Å². The van der Waals surface area contributed by atoms with E-state index < -0.39 is 0 Å². The zero-order chi connectivity index (χ0) is 12.5. The fraction of sp³-hybridized carbons (Fsp3) is 0.417. The highest BCUT2D eigenvalue weighted by molar-refractivity contribution is 7.19. The van der Waals surface area contributed by atoms with Crippen LogP contribution in [0.2, 0.25) is 4.34 Å². The lowest BCUT2D eigenvalue weighted by molar-refractivity contribution is 0.498. The van der Waals surface area contributed by atoms with Crippen LogP contribution in [0.15, 0.2) is 18.2 Å². The summed E-state index contributed by atoms with van der Waals surface area (Å²) in [7, 11) is 0. The standard InChI is InChI=1S/C12H15ClN4S/c13-11-2-1-10(18-11)9-7-12(16-15-9)17-5-3-8(14)4-6-17/h1-2,7-8H,3-6,14H2,(H,15,16). The van der Waals surface area contributed by atoms with E-state index in [2.05, 4.69) is 21.2 Å². The van der Waals surface area contributed by atoms with Crippen molar-refractivity contribution in [1.29, 1.82) is 0 Å². The number of aromatic amines is 1. The van der Waals surface area contributed by atoms with Gasteiger partial charge in [0.1, 0.15) is 0 Å². The topological polar surface area (TPSA) is 57.9 Å². The molecule has 6 heteroatoms. The fourth-order valence-electron chi connectivity index (χ4n) is 2.19. The van der Waals surface area contributed by atoms with E-state index in [1.54, 1.807) is 11.3 Å². The quantitative estimate of drug-likeness (QED) is 0.890. The van der Waals surface area contributed by atoms with Crippen molar-refractivity contribution in [2.24, 2.45) is 5.73 Å². The van der Waals surface area contributed by atoms with E-state index in [-0.39, 0.29) is 0 Å². The van der Waals surface area contributed by atoms with E-state index in [1.807, 2.05) is 12.1 Å². The molecule has 1 aliphatic heterocycles. The predicted molar refractivity (Wildman–Crippen MR) is 76.3 cm³/mol. The van der Waals surface area contributed by atoms with Gasteiger partial charge in [0.25, 0.3) is 0 Å². The minimum absolute atomic E-state index is 0.343. The number of H-pyrrole nitrogens is 1. The Hall–Kier alpha value is -1.04. The lowest BCUT2D eigenvalue weighted by Gasteiger charge is -2.29. The van der Waals surface area contributed by atoms with Crippen molar-refractivity contribution in [3.63, 3.8) is 0 Å². The molecular formula is C12H15ClN4S. The Morgan fingerprint density at radius 3 is 2.83 bits per heavy atom. The van der Waals surface area contributed by atoms with Crippen LogP contribution in [-0.2, 0) is 0 Å². The van der Waals surface area contributed by atoms with E-state index in [0.717, 1.165) is 46.7 Å². The molecule has 2 aromatic heterocycles. The summed E-state index contributed by atoms with van der Waals surface area (Å²) in [5.41, 5.74) is 6.93. The van der Waals surface area contributed by atoms with Gasteiger partial charge in [-0.25, -0.2) is 0 Å². The van der Waals surface area contributed by atoms with Crippen LogP contribution in [0.4, 0.5) is 5.82 Å². The number of anilines is 1. The normalized spacial score (nSPS) is 17.3. The number of nitrogens with zero attached hydrogens (tertiary/aromatic N) is 2. The molecule has 0 radical (unpaired) electrons. The van der Waals surface area contributed by atoms with Crippen molar-refractivity contribution in [2.75, 3.05) is 18.0 Å². The second-order valence-electron chi connectivity index (χ2n) is 4.57. The summed E-state index contributed by atoms with van der Waals surface area (Å²) < 4.78 is 0.796. The zero-order valence-electron chi connectivity index (χ0n) is 9.90. The second kappa shape index (κ2) is 4.91. The lowest BCUT2D eigenvalue weighted by Crippen LogP contribution is -2.39. The van der Waals surface area contributed by atoms with Gasteiger partial charge in [0.15, 0.2) is 5.82 Å². The molecule has 0 saturated carbocycles. The summed E-state index contributed by atoms with van der Waals surface area (Å²) in [6.07, 6.45) is 2.07. The Kier molecular flexibility index (Phi) is 3.28. The highest BCUT2D eigenvalue weighted by Gasteiger charge is 2.18. The summed E-state index contributed by atoms with van der Waals surface area (Å²) >= 11 is 7.50. The van der Waals surface area contributed by atoms with Crippen LogP contribution < -0.4 is 10.6 Å². The third-order valence-electron chi connectivity index (χ3n) is 3.27. The summed E-state index contributed by atoms with van der Waals surface area (Å²) in [5, 5.41) is 7.45. The zero-order valence-corrected chi connectivity index (χ0v) is 11.5. The average Bonchev–Trinajstić information content (AvgIpc) is 2.98. The van der Waals surface area contributed by atoms with Gasteiger partial charge in [0, 0.05) is 25.2 Å². The van der Waals surface area contributed by atoms with Crippen LogP contribution in [0.5, 0.6) is 0 Å². The van der Waals surface area contributed by atoms with Crippen molar-refractivity contribution in [2.45, 2.75) is 18.9 Å². The predicted octanol–water partition coefficient (Wildman–Crippen LogP) is 2.72. The molecule has 1 aliphatic rings. The molecule has 0 amide bonds. The highest BCUT2D eigenvalue weighted by atomic mass is 35.5. The molecule has 0 aliphatic carbocycles. The third kappa shape index (κ3) is 2.39. The molecule has 0 bridgehead atoms. The van der Waals surface area contributed by atoms with Crippen molar-refractivity contribution < 1.29 is 0 Å². The molecule has 4 nitrogen and oxygen atoms in total. The van der Waals surface area contributed by atoms with E-state index in [1.165, 1.54) is 0 Å². The van der Waals surface area contributed by atoms with Crippen molar-refractivity contribution >= 4 is 28.8 Å². The molecule has 0 unspecified atom stereocenters. The summed E-state index contributed by atoms with van der Waals surface area (Å²) in [5.74, 6) is 1.00. The molecule has 3 rings (SSSR count). The van der Waals surface area contributed by atoms with Crippen molar-refractivity contribution in [1.82, 2.24) is 10.2 Å². The first-order valence-corrected chi connectivity index (χ1v) is 7.23. The molecule has 2 aromatic rings. The number of halogens is 1. The van der Waals surface area contributed by atoms with E-state index in [4.69, 9.17) is 17.3 Å². The smallest absolute Gasteiger partial charge is 0.151 e. The van der Waals surface area contributed by atoms with Gasteiger partial charge in [0.2, 0.25) is 0 Å². The van der Waals surface area contributed by atoms with Crippen LogP contribution in [0.25, 0.3) is 10.6 Å². The van der Waals surface area contributed by atoms with Gasteiger partial charge in [0.05, 0.1) is 14.9 Å². The Balaban J connectivity index is 1.77. The van der Waals surface area contributed by atoms with E-state index in [0.29, 0.717) is 6.04 Å². The van der Waals surface area contributed by atoms with Gasteiger partial charge >= 0.3 is 0 Å². The Labute approximate surface area is 115 Å². The maximum absolute atomic E-state index is 5.94. The Bertz CT molecular complexity index is 528. The molecule has 1 fully saturated rings. The first-order valence-electron chi connectivity index (χ1n) is 6.04. The van der Waals surface area contributed by atoms with Crippen LogP contribution >= 0.6 is 22.9 Å². The Morgan fingerprint density at radius 2 is 2.17 bits per heavy atom. The SMILES string of the molecule is NC1CCN(c2cc(-c3ccc(Cl)s3)[nH]n2)CC1. The minimum atomic E-state index is 0.343. The molecule has 0 aromatic carbocycles. The lowest BCUT2D eigenvalue weighted by atomic mass is 10.1.